The topological polar surface area (TPSA) is 123 Å². The van der Waals surface area contributed by atoms with E-state index < -0.39 is 40.8 Å². The number of hydrogen-bond donors (Lipinski definition) is 3. The average molecular weight is 489 g/mol. The lowest BCUT2D eigenvalue weighted by Crippen LogP contribution is -2.35. The number of hydrogen-bond acceptors (Lipinski definition) is 8. The Morgan fingerprint density at radius 3 is 2.44 bits per heavy atom. The highest BCUT2D eigenvalue weighted by atomic mass is 32.1. The third-order valence-corrected chi connectivity index (χ3v) is 5.18. The van der Waals surface area contributed by atoms with Crippen LogP contribution in [0.25, 0.3) is 0 Å². The second kappa shape index (κ2) is 13.3. The number of ether oxygens (including phenoxy) is 3. The molecule has 0 saturated carbocycles. The Kier molecular flexibility index (Phi) is 10.4. The summed E-state index contributed by atoms with van der Waals surface area (Å²) >= 11 is 4.84. The van der Waals surface area contributed by atoms with Crippen molar-refractivity contribution >= 4 is 40.8 Å². The maximum atomic E-state index is 12.9. The van der Waals surface area contributed by atoms with E-state index >= 15 is 0 Å². The summed E-state index contributed by atoms with van der Waals surface area (Å²) in [5, 5.41) is 15.1. The van der Waals surface area contributed by atoms with Crippen LogP contribution in [0.2, 0.25) is 0 Å². The standard InChI is InChI=1S/C24H28N2O7S/c1-4-7-31-18-11-15(22(28)32-8-5-2)10-17(13-18)26-21(27)19-12-16(14-25-19)20(24(30)34)23(29)33-9-6-3/h4-6,10-11,13,16,19-20,25H,1-3,7-9,12,14H2,(H,26,27)(H,30,34)/t16-,19?,20+/m1/s1. The molecule has 1 aromatic carbocycles. The molecule has 182 valence electrons. The molecule has 0 spiro atoms. The van der Waals surface area contributed by atoms with Gasteiger partial charge in [0.1, 0.15) is 31.5 Å². The summed E-state index contributed by atoms with van der Waals surface area (Å²) in [6, 6.07) is 3.87. The molecule has 0 radical (unpaired) electrons. The van der Waals surface area contributed by atoms with E-state index in [9.17, 15) is 19.5 Å². The zero-order valence-corrected chi connectivity index (χ0v) is 19.5. The molecule has 0 aromatic heterocycles. The largest absolute Gasteiger partial charge is 0.501 e. The monoisotopic (exact) mass is 488 g/mol. The Morgan fingerprint density at radius 2 is 1.79 bits per heavy atom. The highest BCUT2D eigenvalue weighted by molar-refractivity contribution is 7.80. The van der Waals surface area contributed by atoms with Crippen LogP contribution in [0.3, 0.4) is 0 Å². The summed E-state index contributed by atoms with van der Waals surface area (Å²) in [5.74, 6) is -2.79. The maximum Gasteiger partial charge on any atom is 0.338 e. The van der Waals surface area contributed by atoms with Crippen LogP contribution in [-0.2, 0) is 19.1 Å². The first-order chi connectivity index (χ1) is 16.3. The molecule has 34 heavy (non-hydrogen) atoms. The SMILES string of the molecule is C=CCOC(=O)c1cc(NC(=O)C2C[C@@H]([C@@H](C(=O)OCC=C)C(O)=S)CN2)cc(OCC=C)c1. The minimum Gasteiger partial charge on any atom is -0.501 e. The number of carbonyl (C=O) groups excluding carboxylic acids is 3. The van der Waals surface area contributed by atoms with E-state index in [1.54, 1.807) is 12.1 Å². The fourth-order valence-corrected chi connectivity index (χ4v) is 3.71. The van der Waals surface area contributed by atoms with Crippen LogP contribution >= 0.6 is 12.2 Å². The van der Waals surface area contributed by atoms with Crippen LogP contribution in [0.4, 0.5) is 5.69 Å². The molecule has 3 atom stereocenters. The highest BCUT2D eigenvalue weighted by Crippen LogP contribution is 2.27. The lowest BCUT2D eigenvalue weighted by molar-refractivity contribution is -0.146. The van der Waals surface area contributed by atoms with E-state index in [2.05, 4.69) is 30.4 Å². The van der Waals surface area contributed by atoms with Gasteiger partial charge in [0.05, 0.1) is 11.6 Å². The number of aliphatic hydroxyl groups is 1. The van der Waals surface area contributed by atoms with Crippen LogP contribution in [0.1, 0.15) is 16.8 Å². The summed E-state index contributed by atoms with van der Waals surface area (Å²) in [6.45, 7) is 11.1. The van der Waals surface area contributed by atoms with Gasteiger partial charge >= 0.3 is 11.9 Å². The van der Waals surface area contributed by atoms with Crippen molar-refractivity contribution in [3.8, 4) is 5.75 Å². The Balaban J connectivity index is 2.13. The molecule has 0 aliphatic carbocycles. The minimum atomic E-state index is -1.04. The molecule has 1 aliphatic rings. The fraction of sp³-hybridized carbons (Fsp3) is 0.333. The number of anilines is 1. The predicted octanol–water partition coefficient (Wildman–Crippen LogP) is 2.74. The van der Waals surface area contributed by atoms with E-state index in [4.69, 9.17) is 26.4 Å². The van der Waals surface area contributed by atoms with Crippen molar-refractivity contribution < 1.29 is 33.7 Å². The summed E-state index contributed by atoms with van der Waals surface area (Å²) in [5.41, 5.74) is 0.508. The fourth-order valence-electron chi connectivity index (χ4n) is 3.42. The van der Waals surface area contributed by atoms with Gasteiger partial charge in [-0.05, 0) is 36.7 Å². The number of rotatable bonds is 13. The molecule has 9 nitrogen and oxygen atoms in total. The molecule has 1 amide bonds. The second-order valence-corrected chi connectivity index (χ2v) is 7.83. The van der Waals surface area contributed by atoms with Crippen molar-refractivity contribution in [3.63, 3.8) is 0 Å². The quantitative estimate of drug-likeness (QED) is 0.218. The molecule has 3 N–H and O–H groups in total. The Morgan fingerprint density at radius 1 is 1.12 bits per heavy atom. The molecule has 1 aromatic rings. The first kappa shape index (κ1) is 26.7. The van der Waals surface area contributed by atoms with E-state index in [1.165, 1.54) is 24.3 Å². The summed E-state index contributed by atoms with van der Waals surface area (Å²) in [6.07, 6.45) is 4.64. The van der Waals surface area contributed by atoms with Gasteiger partial charge in [-0.3, -0.25) is 9.59 Å². The number of nitrogens with one attached hydrogen (secondary N) is 2. The summed E-state index contributed by atoms with van der Waals surface area (Å²) in [4.78, 5) is 37.5. The smallest absolute Gasteiger partial charge is 0.338 e. The normalized spacial score (nSPS) is 17.6. The number of thiocarbonyl (C=S) groups is 1. The molecule has 2 rings (SSSR count). The van der Waals surface area contributed by atoms with Crippen molar-refractivity contribution in [2.24, 2.45) is 11.8 Å². The molecule has 1 unspecified atom stereocenters. The van der Waals surface area contributed by atoms with Gasteiger partial charge in [-0.15, -0.1) is 0 Å². The molecule has 1 aliphatic heterocycles. The van der Waals surface area contributed by atoms with Gasteiger partial charge in [0.15, 0.2) is 5.05 Å². The zero-order valence-electron chi connectivity index (χ0n) is 18.7. The highest BCUT2D eigenvalue weighted by Gasteiger charge is 2.40. The summed E-state index contributed by atoms with van der Waals surface area (Å²) in [7, 11) is 0. The number of amides is 1. The molecule has 1 fully saturated rings. The van der Waals surface area contributed by atoms with Crippen LogP contribution in [-0.4, -0.2) is 60.4 Å². The first-order valence-corrected chi connectivity index (χ1v) is 10.9. The Labute approximate surface area is 203 Å². The van der Waals surface area contributed by atoms with E-state index in [0.717, 1.165) is 0 Å². The molecule has 0 bridgehead atoms. The molecular weight excluding hydrogens is 460 g/mol. The van der Waals surface area contributed by atoms with Gasteiger partial charge in [0.2, 0.25) is 5.91 Å². The number of esters is 2. The number of aliphatic hydroxyl groups excluding tert-OH is 1. The van der Waals surface area contributed by atoms with Gasteiger partial charge in [-0.1, -0.05) is 38.0 Å². The van der Waals surface area contributed by atoms with Gasteiger partial charge in [0, 0.05) is 18.3 Å². The third-order valence-electron chi connectivity index (χ3n) is 4.93. The van der Waals surface area contributed by atoms with Gasteiger partial charge < -0.3 is 30.0 Å². The van der Waals surface area contributed by atoms with Gasteiger partial charge in [-0.25, -0.2) is 4.79 Å². The van der Waals surface area contributed by atoms with Crippen molar-refractivity contribution in [1.82, 2.24) is 5.32 Å². The van der Waals surface area contributed by atoms with Crippen LogP contribution in [0, 0.1) is 11.8 Å². The average Bonchev–Trinajstić information content (AvgIpc) is 3.29. The van der Waals surface area contributed by atoms with Crippen molar-refractivity contribution in [2.45, 2.75) is 12.5 Å². The second-order valence-electron chi connectivity index (χ2n) is 7.41. The number of carbonyl (C=O) groups is 3. The van der Waals surface area contributed by atoms with Crippen LogP contribution in [0.5, 0.6) is 5.75 Å². The first-order valence-electron chi connectivity index (χ1n) is 10.5. The molecule has 1 heterocycles. The van der Waals surface area contributed by atoms with Gasteiger partial charge in [-0.2, -0.15) is 0 Å². The molecule has 1 saturated heterocycles. The maximum absolute atomic E-state index is 12.9. The van der Waals surface area contributed by atoms with Gasteiger partial charge in [0.25, 0.3) is 0 Å². The lowest BCUT2D eigenvalue weighted by Gasteiger charge is -2.19. The van der Waals surface area contributed by atoms with E-state index in [1.807, 2.05) is 0 Å². The molecular formula is C24H28N2O7S. The third kappa shape index (κ3) is 7.53. The van der Waals surface area contributed by atoms with Crippen LogP contribution < -0.4 is 15.4 Å². The Bertz CT molecular complexity index is 963. The van der Waals surface area contributed by atoms with Crippen molar-refractivity contribution in [2.75, 3.05) is 31.7 Å². The van der Waals surface area contributed by atoms with Crippen molar-refractivity contribution in [1.29, 1.82) is 0 Å². The van der Waals surface area contributed by atoms with Crippen molar-refractivity contribution in [3.05, 3.63) is 61.7 Å². The Hall–Kier alpha value is -3.50. The van der Waals surface area contributed by atoms with Crippen LogP contribution in [0.15, 0.2) is 56.2 Å². The molecule has 10 heteroatoms. The summed E-state index contributed by atoms with van der Waals surface area (Å²) < 4.78 is 15.6. The van der Waals surface area contributed by atoms with E-state index in [0.29, 0.717) is 11.4 Å². The zero-order chi connectivity index (χ0) is 25.1. The van der Waals surface area contributed by atoms with E-state index in [-0.39, 0.29) is 38.3 Å². The predicted molar refractivity (Wildman–Crippen MR) is 131 cm³/mol. The number of benzene rings is 1. The minimum absolute atomic E-state index is 0.0101. The lowest BCUT2D eigenvalue weighted by atomic mass is 9.90.